The van der Waals surface area contributed by atoms with Crippen molar-refractivity contribution in [1.29, 1.82) is 0 Å². The summed E-state index contributed by atoms with van der Waals surface area (Å²) < 4.78 is 6.62. The van der Waals surface area contributed by atoms with Crippen LogP contribution in [-0.4, -0.2) is 22.4 Å². The third-order valence-electron chi connectivity index (χ3n) is 4.23. The molecule has 3 aromatic rings. The summed E-state index contributed by atoms with van der Waals surface area (Å²) in [5.74, 6) is 0.317. The van der Waals surface area contributed by atoms with Gasteiger partial charge < -0.3 is 10.1 Å². The highest BCUT2D eigenvalue weighted by molar-refractivity contribution is 7.17. The zero-order valence-corrected chi connectivity index (χ0v) is 15.3. The molecule has 2 aromatic heterocycles. The molecule has 1 N–H and O–H groups in total. The van der Waals surface area contributed by atoms with Crippen molar-refractivity contribution in [2.75, 3.05) is 7.11 Å². The van der Waals surface area contributed by atoms with E-state index in [-0.39, 0.29) is 17.2 Å². The Morgan fingerprint density at radius 1 is 1.28 bits per heavy atom. The van der Waals surface area contributed by atoms with E-state index in [0.29, 0.717) is 4.96 Å². The summed E-state index contributed by atoms with van der Waals surface area (Å²) in [6.45, 7) is 5.65. The van der Waals surface area contributed by atoms with E-state index in [0.717, 1.165) is 21.9 Å². The molecule has 2 heterocycles. The number of carbonyl (C=O) groups excluding carboxylic acids is 1. The minimum Gasteiger partial charge on any atom is -0.497 e. The Morgan fingerprint density at radius 3 is 2.60 bits per heavy atom. The number of fused-ring (bicyclic) bond motifs is 1. The highest BCUT2D eigenvalue weighted by Crippen LogP contribution is 2.19. The van der Waals surface area contributed by atoms with Gasteiger partial charge in [-0.1, -0.05) is 12.1 Å². The molecule has 6 nitrogen and oxygen atoms in total. The average Bonchev–Trinajstić information content (AvgIpc) is 2.90. The Morgan fingerprint density at radius 2 is 1.96 bits per heavy atom. The van der Waals surface area contributed by atoms with Gasteiger partial charge in [0.25, 0.3) is 11.5 Å². The molecule has 7 heteroatoms. The van der Waals surface area contributed by atoms with Gasteiger partial charge in [0.05, 0.1) is 13.2 Å². The molecule has 1 amide bonds. The van der Waals surface area contributed by atoms with E-state index < -0.39 is 5.91 Å². The van der Waals surface area contributed by atoms with Crippen molar-refractivity contribution in [2.24, 2.45) is 0 Å². The number of methoxy groups -OCH3 is 1. The monoisotopic (exact) mass is 357 g/mol. The van der Waals surface area contributed by atoms with Crippen LogP contribution in [-0.2, 0) is 0 Å². The molecule has 0 fully saturated rings. The lowest BCUT2D eigenvalue weighted by molar-refractivity contribution is 0.0938. The molecule has 25 heavy (non-hydrogen) atoms. The molecule has 1 aromatic carbocycles. The minimum absolute atomic E-state index is 0.0405. The first-order valence-electron chi connectivity index (χ1n) is 7.85. The van der Waals surface area contributed by atoms with Crippen molar-refractivity contribution in [3.8, 4) is 5.75 Å². The molecule has 0 bridgehead atoms. The van der Waals surface area contributed by atoms with Crippen LogP contribution in [0.3, 0.4) is 0 Å². The molecule has 0 radical (unpaired) electrons. The number of aryl methyl sites for hydroxylation is 2. The van der Waals surface area contributed by atoms with Crippen LogP contribution >= 0.6 is 11.3 Å². The first-order chi connectivity index (χ1) is 11.9. The number of ether oxygens (including phenoxy) is 1. The van der Waals surface area contributed by atoms with Gasteiger partial charge in [-0.3, -0.25) is 14.0 Å². The summed E-state index contributed by atoms with van der Waals surface area (Å²) in [5, 5.41) is 2.85. The van der Waals surface area contributed by atoms with Crippen molar-refractivity contribution in [3.05, 3.63) is 62.5 Å². The van der Waals surface area contributed by atoms with Gasteiger partial charge in [-0.25, -0.2) is 4.98 Å². The van der Waals surface area contributed by atoms with Gasteiger partial charge in [-0.2, -0.15) is 0 Å². The van der Waals surface area contributed by atoms with Crippen molar-refractivity contribution in [3.63, 3.8) is 0 Å². The number of benzene rings is 1. The number of hydrogen-bond donors (Lipinski definition) is 1. The van der Waals surface area contributed by atoms with Crippen LogP contribution in [0.1, 0.15) is 39.5 Å². The van der Waals surface area contributed by atoms with E-state index in [4.69, 9.17) is 4.74 Å². The lowest BCUT2D eigenvalue weighted by atomic mass is 10.1. The number of nitrogens with one attached hydrogen (secondary N) is 1. The van der Waals surface area contributed by atoms with E-state index in [1.807, 2.05) is 45.0 Å². The minimum atomic E-state index is -0.432. The molecule has 0 aliphatic rings. The van der Waals surface area contributed by atoms with Crippen LogP contribution in [0.15, 0.2) is 35.3 Å². The maximum absolute atomic E-state index is 12.7. The predicted molar refractivity (Wildman–Crippen MR) is 97.7 cm³/mol. The summed E-state index contributed by atoms with van der Waals surface area (Å²) in [4.78, 5) is 31.1. The Hall–Kier alpha value is -2.67. The second kappa shape index (κ2) is 6.68. The first-order valence-corrected chi connectivity index (χ1v) is 8.66. The number of hydrogen-bond acceptors (Lipinski definition) is 5. The molecule has 130 valence electrons. The number of amides is 1. The van der Waals surface area contributed by atoms with Gasteiger partial charge in [-0.05, 0) is 38.5 Å². The number of aromatic nitrogens is 2. The number of rotatable bonds is 4. The van der Waals surface area contributed by atoms with Gasteiger partial charge in [-0.15, -0.1) is 11.3 Å². The molecule has 0 saturated heterocycles. The summed E-state index contributed by atoms with van der Waals surface area (Å²) in [6, 6.07) is 7.18. The number of thiazole rings is 1. The van der Waals surface area contributed by atoms with Crippen LogP contribution in [0, 0.1) is 13.8 Å². The summed E-state index contributed by atoms with van der Waals surface area (Å²) in [5.41, 5.74) is 1.44. The predicted octanol–water partition coefficient (Wildman–Crippen LogP) is 2.87. The summed E-state index contributed by atoms with van der Waals surface area (Å²) in [7, 11) is 1.60. The fraction of sp³-hybridized carbons (Fsp3) is 0.278. The number of carbonyl (C=O) groups is 1. The lowest BCUT2D eigenvalue weighted by Crippen LogP contribution is -2.33. The molecule has 0 aliphatic heterocycles. The van der Waals surface area contributed by atoms with Crippen LogP contribution in [0.5, 0.6) is 5.75 Å². The quantitative estimate of drug-likeness (QED) is 0.779. The molecule has 0 spiro atoms. The molecular weight excluding hydrogens is 338 g/mol. The third kappa shape index (κ3) is 3.15. The molecule has 3 rings (SSSR count). The van der Waals surface area contributed by atoms with Crippen LogP contribution in [0.25, 0.3) is 4.96 Å². The third-order valence-corrected chi connectivity index (χ3v) is 5.30. The standard InChI is InChI=1S/C18H19N3O3S/c1-10(13-5-7-14(24-4)8-6-13)20-16(22)15-9-19-18-21(17(15)23)11(2)12(3)25-18/h5-10H,1-4H3,(H,20,22). The smallest absolute Gasteiger partial charge is 0.271 e. The average molecular weight is 357 g/mol. The molecular formula is C18H19N3O3S. The van der Waals surface area contributed by atoms with E-state index in [9.17, 15) is 9.59 Å². The Labute approximate surface area is 149 Å². The van der Waals surface area contributed by atoms with E-state index in [2.05, 4.69) is 10.3 Å². The van der Waals surface area contributed by atoms with E-state index in [1.165, 1.54) is 21.9 Å². The topological polar surface area (TPSA) is 72.7 Å². The fourth-order valence-corrected chi connectivity index (χ4v) is 3.51. The molecule has 0 saturated carbocycles. The van der Waals surface area contributed by atoms with Crippen LogP contribution in [0.4, 0.5) is 0 Å². The molecule has 0 aliphatic carbocycles. The van der Waals surface area contributed by atoms with Crippen LogP contribution in [0.2, 0.25) is 0 Å². The largest absolute Gasteiger partial charge is 0.497 e. The highest BCUT2D eigenvalue weighted by Gasteiger charge is 2.18. The lowest BCUT2D eigenvalue weighted by Gasteiger charge is -2.14. The second-order valence-electron chi connectivity index (χ2n) is 5.81. The van der Waals surface area contributed by atoms with Gasteiger partial charge >= 0.3 is 0 Å². The van der Waals surface area contributed by atoms with Crippen molar-refractivity contribution >= 4 is 22.2 Å². The zero-order valence-electron chi connectivity index (χ0n) is 14.5. The van der Waals surface area contributed by atoms with Crippen LogP contribution < -0.4 is 15.6 Å². The normalized spacial score (nSPS) is 12.2. The Kier molecular flexibility index (Phi) is 4.59. The van der Waals surface area contributed by atoms with Crippen molar-refractivity contribution in [1.82, 2.24) is 14.7 Å². The van der Waals surface area contributed by atoms with Gasteiger partial charge in [0.2, 0.25) is 0 Å². The molecule has 1 unspecified atom stereocenters. The van der Waals surface area contributed by atoms with Gasteiger partial charge in [0.15, 0.2) is 4.96 Å². The van der Waals surface area contributed by atoms with E-state index >= 15 is 0 Å². The SMILES string of the molecule is COc1ccc(C(C)NC(=O)c2cnc3sc(C)c(C)n3c2=O)cc1. The first kappa shape index (κ1) is 17.2. The zero-order chi connectivity index (χ0) is 18.1. The second-order valence-corrected chi connectivity index (χ2v) is 6.99. The van der Waals surface area contributed by atoms with Gasteiger partial charge in [0.1, 0.15) is 11.3 Å². The summed E-state index contributed by atoms with van der Waals surface area (Å²) >= 11 is 1.44. The van der Waals surface area contributed by atoms with Crippen molar-refractivity contribution < 1.29 is 9.53 Å². The van der Waals surface area contributed by atoms with E-state index in [1.54, 1.807) is 7.11 Å². The fourth-order valence-electron chi connectivity index (χ4n) is 2.58. The van der Waals surface area contributed by atoms with Crippen molar-refractivity contribution in [2.45, 2.75) is 26.8 Å². The molecule has 1 atom stereocenters. The highest BCUT2D eigenvalue weighted by atomic mass is 32.1. The summed E-state index contributed by atoms with van der Waals surface area (Å²) in [6.07, 6.45) is 1.35. The maximum Gasteiger partial charge on any atom is 0.271 e. The Balaban J connectivity index is 1.87. The van der Waals surface area contributed by atoms with Gasteiger partial charge in [0, 0.05) is 16.8 Å². The maximum atomic E-state index is 12.7. The Bertz CT molecular complexity index is 989. The number of nitrogens with zero attached hydrogens (tertiary/aromatic N) is 2.